The molecule has 2 aliphatic rings. The lowest BCUT2D eigenvalue weighted by atomic mass is 9.99. The number of nitrogens with one attached hydrogen (secondary N) is 1. The minimum absolute atomic E-state index is 0.0187. The van der Waals surface area contributed by atoms with E-state index in [0.29, 0.717) is 12.8 Å². The van der Waals surface area contributed by atoms with Crippen LogP contribution in [0.4, 0.5) is 5.69 Å². The lowest BCUT2D eigenvalue weighted by molar-refractivity contribution is -0.253. The van der Waals surface area contributed by atoms with Crippen LogP contribution in [-0.4, -0.2) is 52.7 Å². The fraction of sp³-hybridized carbons (Fsp3) is 0.548. The van der Waals surface area contributed by atoms with E-state index in [-0.39, 0.29) is 31.1 Å². The molecule has 3 N–H and O–H groups in total. The average Bonchev–Trinajstić information content (AvgIpc) is 2.95. The van der Waals surface area contributed by atoms with Gasteiger partial charge in [-0.3, -0.25) is 9.59 Å². The highest BCUT2D eigenvalue weighted by atomic mass is 16.7. The predicted octanol–water partition coefficient (Wildman–Crippen LogP) is 5.57. The predicted molar refractivity (Wildman–Crippen MR) is 149 cm³/mol. The van der Waals surface area contributed by atoms with Crippen LogP contribution in [0.3, 0.4) is 0 Å². The Balaban J connectivity index is 1.34. The van der Waals surface area contributed by atoms with E-state index >= 15 is 0 Å². The molecule has 212 valence electrons. The van der Waals surface area contributed by atoms with Crippen molar-refractivity contribution in [3.63, 3.8) is 0 Å². The maximum absolute atomic E-state index is 12.3. The lowest BCUT2D eigenvalue weighted by Crippen LogP contribution is -2.41. The first-order valence-corrected chi connectivity index (χ1v) is 14.3. The third kappa shape index (κ3) is 9.42. The number of hydrogen-bond acceptors (Lipinski definition) is 6. The lowest BCUT2D eigenvalue weighted by Gasteiger charge is -2.39. The first kappa shape index (κ1) is 29.2. The van der Waals surface area contributed by atoms with Crippen molar-refractivity contribution in [1.29, 1.82) is 0 Å². The second-order valence-electron chi connectivity index (χ2n) is 10.7. The van der Waals surface area contributed by atoms with E-state index in [1.807, 2.05) is 48.5 Å². The molecule has 39 heavy (non-hydrogen) atoms. The van der Waals surface area contributed by atoms with Crippen molar-refractivity contribution >= 4 is 17.6 Å². The number of carbonyl (C=O) groups excluding carboxylic acids is 1. The maximum atomic E-state index is 12.3. The van der Waals surface area contributed by atoms with Crippen molar-refractivity contribution in [1.82, 2.24) is 4.90 Å². The number of benzene rings is 2. The molecule has 2 saturated heterocycles. The van der Waals surface area contributed by atoms with Crippen molar-refractivity contribution in [2.45, 2.75) is 89.3 Å². The van der Waals surface area contributed by atoms with Crippen LogP contribution in [0.5, 0.6) is 0 Å². The fourth-order valence-electron chi connectivity index (χ4n) is 5.33. The van der Waals surface area contributed by atoms with E-state index in [2.05, 4.69) is 10.2 Å². The van der Waals surface area contributed by atoms with E-state index in [1.54, 1.807) is 0 Å². The minimum atomic E-state index is -0.773. The van der Waals surface area contributed by atoms with E-state index in [9.17, 15) is 14.7 Å². The largest absolute Gasteiger partial charge is 0.481 e. The zero-order chi connectivity index (χ0) is 27.5. The second kappa shape index (κ2) is 15.1. The molecular weight excluding hydrogens is 496 g/mol. The number of likely N-dealkylation sites (tertiary alicyclic amines) is 1. The summed E-state index contributed by atoms with van der Waals surface area (Å²) in [6, 6.07) is 15.6. The van der Waals surface area contributed by atoms with Gasteiger partial charge in [-0.25, -0.2) is 0 Å². The van der Waals surface area contributed by atoms with Gasteiger partial charge in [0.15, 0.2) is 6.29 Å². The Kier molecular flexibility index (Phi) is 11.3. The van der Waals surface area contributed by atoms with Gasteiger partial charge in [-0.2, -0.15) is 0 Å². The summed E-state index contributed by atoms with van der Waals surface area (Å²) in [5.41, 5.74) is 3.59. The molecule has 2 aromatic rings. The number of carboxylic acids is 1. The van der Waals surface area contributed by atoms with Crippen LogP contribution in [0, 0.1) is 0 Å². The van der Waals surface area contributed by atoms with Crippen molar-refractivity contribution in [2.24, 2.45) is 0 Å². The number of ether oxygens (including phenoxy) is 2. The second-order valence-corrected chi connectivity index (χ2v) is 10.7. The van der Waals surface area contributed by atoms with Crippen molar-refractivity contribution in [3.8, 4) is 0 Å². The number of carbonyl (C=O) groups is 2. The van der Waals surface area contributed by atoms with Gasteiger partial charge in [-0.15, -0.1) is 0 Å². The molecule has 3 atom stereocenters. The number of nitrogens with zero attached hydrogens (tertiary/aromatic N) is 1. The summed E-state index contributed by atoms with van der Waals surface area (Å²) in [5, 5.41) is 21.1. The molecular formula is C31H42N2O6. The zero-order valence-corrected chi connectivity index (χ0v) is 22.7. The number of aliphatic hydroxyl groups excluding tert-OH is 1. The molecule has 0 unspecified atom stereocenters. The van der Waals surface area contributed by atoms with Crippen molar-refractivity contribution < 1.29 is 29.3 Å². The van der Waals surface area contributed by atoms with Crippen molar-refractivity contribution in [2.75, 3.05) is 25.0 Å². The maximum Gasteiger partial charge on any atom is 0.303 e. The van der Waals surface area contributed by atoms with Gasteiger partial charge >= 0.3 is 5.97 Å². The molecule has 8 heteroatoms. The smallest absolute Gasteiger partial charge is 0.303 e. The molecule has 2 aliphatic heterocycles. The highest BCUT2D eigenvalue weighted by Gasteiger charge is 2.33. The van der Waals surface area contributed by atoms with E-state index in [1.165, 1.54) is 19.3 Å². The van der Waals surface area contributed by atoms with Crippen molar-refractivity contribution in [3.05, 3.63) is 65.2 Å². The highest BCUT2D eigenvalue weighted by Crippen LogP contribution is 2.38. The normalized spacial score (nSPS) is 21.9. The van der Waals surface area contributed by atoms with Gasteiger partial charge < -0.3 is 29.9 Å². The molecule has 4 rings (SSSR count). The fourth-order valence-corrected chi connectivity index (χ4v) is 5.33. The molecule has 1 amide bonds. The number of unbranched alkanes of at least 4 members (excludes halogenated alkanes) is 3. The van der Waals surface area contributed by atoms with Crippen LogP contribution >= 0.6 is 0 Å². The van der Waals surface area contributed by atoms with Crippen LogP contribution < -0.4 is 5.32 Å². The molecule has 0 radical (unpaired) electrons. The Labute approximate surface area is 231 Å². The van der Waals surface area contributed by atoms with Crippen LogP contribution in [-0.2, 0) is 25.7 Å². The Morgan fingerprint density at radius 2 is 1.51 bits per heavy atom. The first-order valence-electron chi connectivity index (χ1n) is 14.3. The third-order valence-corrected chi connectivity index (χ3v) is 7.54. The van der Waals surface area contributed by atoms with Crippen LogP contribution in [0.1, 0.15) is 93.3 Å². The molecule has 0 spiro atoms. The standard InChI is InChI=1S/C31H42N2O6/c34-22-23-10-12-24(13-11-23)28-20-27(21-33-18-6-3-7-19-33)38-31(39-28)25-14-16-26(17-15-25)32-29(35)8-4-1-2-5-9-30(36)37/h10-17,27-28,31,34H,1-9,18-22H2,(H,32,35)(H,36,37)/t27-,28+,31+/m0/s1. The van der Waals surface area contributed by atoms with Crippen LogP contribution in [0.25, 0.3) is 0 Å². The van der Waals surface area contributed by atoms with Gasteiger partial charge in [-0.05, 0) is 62.0 Å². The summed E-state index contributed by atoms with van der Waals surface area (Å²) in [4.78, 5) is 25.4. The van der Waals surface area contributed by atoms with Crippen LogP contribution in [0.15, 0.2) is 48.5 Å². The summed E-state index contributed by atoms with van der Waals surface area (Å²) in [7, 11) is 0. The quantitative estimate of drug-likeness (QED) is 0.286. The SMILES string of the molecule is O=C(O)CCCCCCC(=O)Nc1ccc([C@@H]2O[C@H](CN3CCCCC3)C[C@H](c3ccc(CO)cc3)O2)cc1. The number of piperidine rings is 1. The van der Waals surface area contributed by atoms with E-state index in [0.717, 1.165) is 67.7 Å². The van der Waals surface area contributed by atoms with Gasteiger partial charge in [-0.1, -0.05) is 55.7 Å². The van der Waals surface area contributed by atoms with Gasteiger partial charge in [0.2, 0.25) is 5.91 Å². The Morgan fingerprint density at radius 3 is 2.18 bits per heavy atom. The monoisotopic (exact) mass is 538 g/mol. The number of rotatable bonds is 13. The number of hydrogen-bond donors (Lipinski definition) is 3. The zero-order valence-electron chi connectivity index (χ0n) is 22.7. The molecule has 0 bridgehead atoms. The molecule has 2 fully saturated rings. The highest BCUT2D eigenvalue weighted by molar-refractivity contribution is 5.90. The number of carboxylic acid groups (broad SMARTS) is 1. The number of anilines is 1. The minimum Gasteiger partial charge on any atom is -0.481 e. The molecule has 2 aromatic carbocycles. The summed E-state index contributed by atoms with van der Waals surface area (Å²) in [6.07, 6.45) is 7.61. The van der Waals surface area contributed by atoms with Gasteiger partial charge in [0.1, 0.15) is 0 Å². The van der Waals surface area contributed by atoms with Gasteiger partial charge in [0.25, 0.3) is 0 Å². The average molecular weight is 539 g/mol. The van der Waals surface area contributed by atoms with Gasteiger partial charge in [0.05, 0.1) is 18.8 Å². The first-order chi connectivity index (χ1) is 19.0. The molecule has 2 heterocycles. The summed E-state index contributed by atoms with van der Waals surface area (Å²) in [6.45, 7) is 3.12. The Hall–Kier alpha value is -2.78. The number of amides is 1. The Bertz CT molecular complexity index is 1040. The Morgan fingerprint density at radius 1 is 0.846 bits per heavy atom. The summed E-state index contributed by atoms with van der Waals surface area (Å²) >= 11 is 0. The third-order valence-electron chi connectivity index (χ3n) is 7.54. The van der Waals surface area contributed by atoms with Gasteiger partial charge in [0, 0.05) is 37.1 Å². The molecule has 0 aromatic heterocycles. The van der Waals surface area contributed by atoms with E-state index < -0.39 is 12.3 Å². The molecule has 0 saturated carbocycles. The molecule has 8 nitrogen and oxygen atoms in total. The summed E-state index contributed by atoms with van der Waals surface area (Å²) in [5.74, 6) is -0.816. The topological polar surface area (TPSA) is 108 Å². The number of aliphatic carboxylic acids is 1. The summed E-state index contributed by atoms with van der Waals surface area (Å²) < 4.78 is 12.9. The van der Waals surface area contributed by atoms with E-state index in [4.69, 9.17) is 14.6 Å². The number of aliphatic hydroxyl groups is 1. The van der Waals surface area contributed by atoms with Crippen LogP contribution in [0.2, 0.25) is 0 Å². The molecule has 0 aliphatic carbocycles.